The number of rotatable bonds is 10. The van der Waals surface area contributed by atoms with Gasteiger partial charge in [0.05, 0.1) is 12.2 Å². The predicted molar refractivity (Wildman–Crippen MR) is 95.9 cm³/mol. The van der Waals surface area contributed by atoms with E-state index in [9.17, 15) is 4.79 Å². The summed E-state index contributed by atoms with van der Waals surface area (Å²) in [4.78, 5) is 12.4. The van der Waals surface area contributed by atoms with Crippen molar-refractivity contribution in [1.82, 2.24) is 5.32 Å². The zero-order valence-corrected chi connectivity index (χ0v) is 15.2. The molecule has 0 aliphatic rings. The molecular formula is C16H26Cl2N2O3. The van der Waals surface area contributed by atoms with Gasteiger partial charge in [0.1, 0.15) is 12.4 Å². The Balaban J connectivity index is 0.00000484. The van der Waals surface area contributed by atoms with Crippen molar-refractivity contribution >= 4 is 29.9 Å². The number of nitrogens with one attached hydrogen (secondary N) is 1. The molecule has 3 N–H and O–H groups in total. The van der Waals surface area contributed by atoms with Gasteiger partial charge in [-0.1, -0.05) is 31.4 Å². The molecule has 1 aromatic rings. The molecule has 1 rings (SSSR count). The van der Waals surface area contributed by atoms with Gasteiger partial charge >= 0.3 is 0 Å². The Labute approximate surface area is 149 Å². The summed E-state index contributed by atoms with van der Waals surface area (Å²) >= 11 is 5.99. The van der Waals surface area contributed by atoms with Gasteiger partial charge in [-0.15, -0.1) is 12.4 Å². The van der Waals surface area contributed by atoms with Gasteiger partial charge in [-0.25, -0.2) is 0 Å². The van der Waals surface area contributed by atoms with Crippen molar-refractivity contribution in [2.75, 3.05) is 26.9 Å². The normalized spacial score (nSPS) is 11.5. The number of carbonyl (C=O) groups excluding carboxylic acids is 1. The molecule has 0 spiro atoms. The highest BCUT2D eigenvalue weighted by molar-refractivity contribution is 6.31. The Morgan fingerprint density at radius 2 is 2.13 bits per heavy atom. The smallest absolute Gasteiger partial charge is 0.255 e. The summed E-state index contributed by atoms with van der Waals surface area (Å²) in [7, 11) is 1.60. The fourth-order valence-electron chi connectivity index (χ4n) is 2.00. The van der Waals surface area contributed by atoms with Crippen LogP contribution in [0.4, 0.5) is 0 Å². The molecule has 1 amide bonds. The van der Waals surface area contributed by atoms with Crippen molar-refractivity contribution in [2.45, 2.75) is 32.2 Å². The molecule has 0 bridgehead atoms. The van der Waals surface area contributed by atoms with Crippen LogP contribution >= 0.6 is 24.0 Å². The Morgan fingerprint density at radius 1 is 1.39 bits per heavy atom. The van der Waals surface area contributed by atoms with Crippen molar-refractivity contribution in [3.05, 3.63) is 28.8 Å². The first-order valence-corrected chi connectivity index (χ1v) is 7.92. The first-order valence-electron chi connectivity index (χ1n) is 7.54. The average Bonchev–Trinajstić information content (AvgIpc) is 2.52. The monoisotopic (exact) mass is 364 g/mol. The van der Waals surface area contributed by atoms with Crippen LogP contribution in [-0.2, 0) is 4.74 Å². The summed E-state index contributed by atoms with van der Waals surface area (Å²) < 4.78 is 10.5. The second-order valence-electron chi connectivity index (χ2n) is 5.03. The van der Waals surface area contributed by atoms with Crippen molar-refractivity contribution < 1.29 is 14.3 Å². The first kappa shape index (κ1) is 22.0. The maximum absolute atomic E-state index is 12.4. The lowest BCUT2D eigenvalue weighted by molar-refractivity contribution is 0.0928. The highest BCUT2D eigenvalue weighted by atomic mass is 35.5. The lowest BCUT2D eigenvalue weighted by atomic mass is 10.1. The summed E-state index contributed by atoms with van der Waals surface area (Å²) in [5.74, 6) is 0.270. The van der Waals surface area contributed by atoms with Crippen LogP contribution in [0.5, 0.6) is 5.75 Å². The van der Waals surface area contributed by atoms with Crippen LogP contribution in [0.3, 0.4) is 0 Å². The van der Waals surface area contributed by atoms with Crippen molar-refractivity contribution in [2.24, 2.45) is 5.73 Å². The average molecular weight is 365 g/mol. The largest absolute Gasteiger partial charge is 0.490 e. The standard InChI is InChI=1S/C16H25ClN2O3.ClH/c1-3-4-5-13(11-18)19-16(20)14-10-12(17)6-7-15(14)22-9-8-21-2;/h6-7,10,13H,3-5,8-9,11,18H2,1-2H3,(H,19,20);1H. The lowest BCUT2D eigenvalue weighted by Crippen LogP contribution is -2.40. The van der Waals surface area contributed by atoms with Crippen LogP contribution in [0.2, 0.25) is 5.02 Å². The van der Waals surface area contributed by atoms with Gasteiger partial charge in [0.25, 0.3) is 5.91 Å². The van der Waals surface area contributed by atoms with Crippen molar-refractivity contribution in [1.29, 1.82) is 0 Å². The van der Waals surface area contributed by atoms with Crippen LogP contribution in [-0.4, -0.2) is 38.8 Å². The number of amides is 1. The number of carbonyl (C=O) groups is 1. The maximum atomic E-state index is 12.4. The van der Waals surface area contributed by atoms with Gasteiger partial charge in [-0.3, -0.25) is 4.79 Å². The Hall–Kier alpha value is -1.01. The molecule has 0 saturated carbocycles. The molecular weight excluding hydrogens is 339 g/mol. The van der Waals surface area contributed by atoms with Crippen molar-refractivity contribution in [3.8, 4) is 5.75 Å². The SMILES string of the molecule is CCCCC(CN)NC(=O)c1cc(Cl)ccc1OCCOC.Cl. The van der Waals surface area contributed by atoms with Crippen LogP contribution in [0.15, 0.2) is 18.2 Å². The van der Waals surface area contributed by atoms with E-state index in [0.717, 1.165) is 19.3 Å². The summed E-state index contributed by atoms with van der Waals surface area (Å²) in [6.45, 7) is 3.33. The zero-order valence-electron chi connectivity index (χ0n) is 13.6. The van der Waals surface area contributed by atoms with Crippen LogP contribution in [0.1, 0.15) is 36.5 Å². The number of methoxy groups -OCH3 is 1. The van der Waals surface area contributed by atoms with Crippen LogP contribution in [0.25, 0.3) is 0 Å². The Bertz CT molecular complexity index is 473. The van der Waals surface area contributed by atoms with E-state index >= 15 is 0 Å². The van der Waals surface area contributed by atoms with Gasteiger partial charge in [0, 0.05) is 24.7 Å². The van der Waals surface area contributed by atoms with Crippen molar-refractivity contribution in [3.63, 3.8) is 0 Å². The first-order chi connectivity index (χ1) is 10.6. The molecule has 0 aliphatic heterocycles. The fourth-order valence-corrected chi connectivity index (χ4v) is 2.18. The van der Waals surface area contributed by atoms with Gasteiger partial charge in [0.15, 0.2) is 0 Å². The topological polar surface area (TPSA) is 73.6 Å². The van der Waals surface area contributed by atoms with Crippen LogP contribution in [0, 0.1) is 0 Å². The summed E-state index contributed by atoms with van der Waals surface area (Å²) in [6, 6.07) is 4.94. The molecule has 0 radical (unpaired) electrons. The molecule has 0 aliphatic carbocycles. The fraction of sp³-hybridized carbons (Fsp3) is 0.562. The molecule has 0 aromatic heterocycles. The second kappa shape index (κ2) is 12.4. The molecule has 0 fully saturated rings. The zero-order chi connectivity index (χ0) is 16.4. The van der Waals surface area contributed by atoms with Gasteiger partial charge in [-0.05, 0) is 24.6 Å². The molecule has 5 nitrogen and oxygen atoms in total. The summed E-state index contributed by atoms with van der Waals surface area (Å²) in [5.41, 5.74) is 6.13. The van der Waals surface area contributed by atoms with E-state index in [1.54, 1.807) is 25.3 Å². The number of hydrogen-bond donors (Lipinski definition) is 2. The third kappa shape index (κ3) is 7.88. The highest BCUT2D eigenvalue weighted by Crippen LogP contribution is 2.23. The molecule has 7 heteroatoms. The summed E-state index contributed by atoms with van der Waals surface area (Å²) in [5, 5.41) is 3.43. The molecule has 23 heavy (non-hydrogen) atoms. The quantitative estimate of drug-likeness (QED) is 0.625. The van der Waals surface area contributed by atoms with E-state index in [-0.39, 0.29) is 24.4 Å². The van der Waals surface area contributed by atoms with E-state index < -0.39 is 0 Å². The van der Waals surface area contributed by atoms with E-state index in [4.69, 9.17) is 26.8 Å². The third-order valence-corrected chi connectivity index (χ3v) is 3.49. The number of unbranched alkanes of at least 4 members (excludes halogenated alkanes) is 1. The molecule has 1 unspecified atom stereocenters. The second-order valence-corrected chi connectivity index (χ2v) is 5.47. The number of hydrogen-bond acceptors (Lipinski definition) is 4. The van der Waals surface area contributed by atoms with Gasteiger partial charge in [0.2, 0.25) is 0 Å². The minimum Gasteiger partial charge on any atom is -0.490 e. The van der Waals surface area contributed by atoms with E-state index in [1.807, 2.05) is 0 Å². The van der Waals surface area contributed by atoms with Gasteiger partial charge < -0.3 is 20.5 Å². The minimum atomic E-state index is -0.221. The van der Waals surface area contributed by atoms with E-state index in [1.165, 1.54) is 0 Å². The minimum absolute atomic E-state index is 0. The molecule has 1 atom stereocenters. The molecule has 1 aromatic carbocycles. The number of nitrogens with two attached hydrogens (primary N) is 1. The highest BCUT2D eigenvalue weighted by Gasteiger charge is 2.17. The number of halogens is 2. The maximum Gasteiger partial charge on any atom is 0.255 e. The Morgan fingerprint density at radius 3 is 2.74 bits per heavy atom. The molecule has 0 saturated heterocycles. The summed E-state index contributed by atoms with van der Waals surface area (Å²) in [6.07, 6.45) is 2.95. The predicted octanol–water partition coefficient (Wildman–Crippen LogP) is 3.03. The van der Waals surface area contributed by atoms with E-state index in [0.29, 0.717) is 36.1 Å². The lowest BCUT2D eigenvalue weighted by Gasteiger charge is -2.18. The van der Waals surface area contributed by atoms with Gasteiger partial charge in [-0.2, -0.15) is 0 Å². The molecule has 132 valence electrons. The Kier molecular flexibility index (Phi) is 11.9. The van der Waals surface area contributed by atoms with E-state index in [2.05, 4.69) is 12.2 Å². The number of benzene rings is 1. The molecule has 0 heterocycles. The third-order valence-electron chi connectivity index (χ3n) is 3.26. The van der Waals surface area contributed by atoms with Crippen LogP contribution < -0.4 is 15.8 Å². The number of ether oxygens (including phenoxy) is 2.